The van der Waals surface area contributed by atoms with E-state index in [1.807, 2.05) is 13.0 Å². The smallest absolute Gasteiger partial charge is 0.123 e. The van der Waals surface area contributed by atoms with Crippen LogP contribution in [0.25, 0.3) is 0 Å². The van der Waals surface area contributed by atoms with Gasteiger partial charge >= 0.3 is 0 Å². The zero-order valence-corrected chi connectivity index (χ0v) is 12.5. The highest BCUT2D eigenvalue weighted by Gasteiger charge is 2.17. The van der Waals surface area contributed by atoms with Crippen LogP contribution in [-0.2, 0) is 12.8 Å². The first-order valence-corrected chi connectivity index (χ1v) is 7.58. The Morgan fingerprint density at radius 1 is 1.05 bits per heavy atom. The number of fused-ring (bicyclic) bond motifs is 1. The summed E-state index contributed by atoms with van der Waals surface area (Å²) >= 11 is 3.72. The largest absolute Gasteiger partial charge is 0.207 e. The number of alkyl halides is 1. The summed E-state index contributed by atoms with van der Waals surface area (Å²) in [6.45, 7) is 2.02. The molecule has 0 nitrogen and oxygen atoms in total. The molecule has 0 amide bonds. The number of hydrogen-bond acceptors (Lipinski definition) is 0. The van der Waals surface area contributed by atoms with Gasteiger partial charge < -0.3 is 0 Å². The van der Waals surface area contributed by atoms with Crippen molar-refractivity contribution < 1.29 is 4.39 Å². The summed E-state index contributed by atoms with van der Waals surface area (Å²) in [5.74, 6) is -0.175. The van der Waals surface area contributed by atoms with Crippen LogP contribution >= 0.6 is 15.9 Å². The highest BCUT2D eigenvalue weighted by molar-refractivity contribution is 9.09. The van der Waals surface area contributed by atoms with E-state index in [0.717, 1.165) is 11.1 Å². The molecule has 0 heterocycles. The summed E-state index contributed by atoms with van der Waals surface area (Å²) in [7, 11) is 0. The second-order valence-corrected chi connectivity index (χ2v) is 6.16. The molecule has 1 atom stereocenters. The molecule has 0 fully saturated rings. The molecule has 0 aromatic heterocycles. The Labute approximate surface area is 121 Å². The van der Waals surface area contributed by atoms with Gasteiger partial charge in [0.05, 0.1) is 4.83 Å². The van der Waals surface area contributed by atoms with E-state index in [-0.39, 0.29) is 10.6 Å². The van der Waals surface area contributed by atoms with E-state index in [4.69, 9.17) is 0 Å². The van der Waals surface area contributed by atoms with Crippen molar-refractivity contribution in [1.82, 2.24) is 0 Å². The van der Waals surface area contributed by atoms with Crippen molar-refractivity contribution in [1.29, 1.82) is 0 Å². The van der Waals surface area contributed by atoms with Crippen molar-refractivity contribution in [2.75, 3.05) is 0 Å². The topological polar surface area (TPSA) is 0 Å². The number of benzene rings is 2. The Kier molecular flexibility index (Phi) is 3.44. The van der Waals surface area contributed by atoms with Crippen molar-refractivity contribution in [3.63, 3.8) is 0 Å². The number of aryl methyl sites for hydroxylation is 3. The van der Waals surface area contributed by atoms with Gasteiger partial charge in [-0.2, -0.15) is 0 Å². The minimum absolute atomic E-state index is 0.0640. The maximum Gasteiger partial charge on any atom is 0.123 e. The van der Waals surface area contributed by atoms with Gasteiger partial charge in [0, 0.05) is 0 Å². The molecule has 0 aliphatic heterocycles. The zero-order valence-electron chi connectivity index (χ0n) is 10.9. The van der Waals surface area contributed by atoms with Crippen LogP contribution in [0.4, 0.5) is 4.39 Å². The van der Waals surface area contributed by atoms with Crippen LogP contribution in [0, 0.1) is 12.7 Å². The quantitative estimate of drug-likeness (QED) is 0.675. The minimum atomic E-state index is -0.175. The van der Waals surface area contributed by atoms with Crippen LogP contribution in [0.3, 0.4) is 0 Å². The lowest BCUT2D eigenvalue weighted by Crippen LogP contribution is -1.98. The Morgan fingerprint density at radius 3 is 2.68 bits per heavy atom. The highest BCUT2D eigenvalue weighted by Crippen LogP contribution is 2.35. The fraction of sp³-hybridized carbons (Fsp3) is 0.294. The van der Waals surface area contributed by atoms with E-state index < -0.39 is 0 Å². The third kappa shape index (κ3) is 2.46. The second-order valence-electron chi connectivity index (χ2n) is 5.25. The molecule has 19 heavy (non-hydrogen) atoms. The van der Waals surface area contributed by atoms with Gasteiger partial charge in [0.2, 0.25) is 0 Å². The molecule has 98 valence electrons. The van der Waals surface area contributed by atoms with Crippen LogP contribution in [0.2, 0.25) is 0 Å². The van der Waals surface area contributed by atoms with Gasteiger partial charge in [-0.3, -0.25) is 0 Å². The second kappa shape index (κ2) is 5.09. The third-order valence-electron chi connectivity index (χ3n) is 3.93. The fourth-order valence-corrected chi connectivity index (χ4v) is 3.59. The summed E-state index contributed by atoms with van der Waals surface area (Å²) in [5, 5.41) is 0. The van der Waals surface area contributed by atoms with Crippen molar-refractivity contribution in [2.45, 2.75) is 31.0 Å². The standard InChI is InChI=1S/C17H16BrF/c1-11-5-8-15(19)10-16(11)17(18)14-7-6-12-3-2-4-13(12)9-14/h5-10,17H,2-4H2,1H3. The van der Waals surface area contributed by atoms with Gasteiger partial charge in [0.25, 0.3) is 0 Å². The number of rotatable bonds is 2. The first-order chi connectivity index (χ1) is 9.15. The van der Waals surface area contributed by atoms with Crippen LogP contribution in [0.1, 0.15) is 39.1 Å². The van der Waals surface area contributed by atoms with E-state index >= 15 is 0 Å². The minimum Gasteiger partial charge on any atom is -0.207 e. The summed E-state index contributed by atoms with van der Waals surface area (Å²) in [4.78, 5) is 0.0640. The Hall–Kier alpha value is -1.15. The first kappa shape index (κ1) is 12.9. The molecule has 2 aromatic carbocycles. The normalized spacial score (nSPS) is 15.3. The van der Waals surface area contributed by atoms with Crippen LogP contribution < -0.4 is 0 Å². The van der Waals surface area contributed by atoms with E-state index in [0.29, 0.717) is 0 Å². The average Bonchev–Trinajstić information content (AvgIpc) is 2.88. The predicted molar refractivity (Wildman–Crippen MR) is 80.4 cm³/mol. The third-order valence-corrected chi connectivity index (χ3v) is 4.95. The predicted octanol–water partition coefficient (Wildman–Crippen LogP) is 5.11. The monoisotopic (exact) mass is 318 g/mol. The maximum atomic E-state index is 13.4. The van der Waals surface area contributed by atoms with Gasteiger partial charge in [-0.15, -0.1) is 0 Å². The fourth-order valence-electron chi connectivity index (χ4n) is 2.81. The molecular weight excluding hydrogens is 303 g/mol. The lowest BCUT2D eigenvalue weighted by Gasteiger charge is -2.15. The average molecular weight is 319 g/mol. The van der Waals surface area contributed by atoms with Crippen molar-refractivity contribution in [3.8, 4) is 0 Å². The Balaban J connectivity index is 1.99. The number of hydrogen-bond donors (Lipinski definition) is 0. The summed E-state index contributed by atoms with van der Waals surface area (Å²) in [6, 6.07) is 11.6. The molecule has 0 N–H and O–H groups in total. The summed E-state index contributed by atoms with van der Waals surface area (Å²) in [5.41, 5.74) is 6.27. The van der Waals surface area contributed by atoms with Gasteiger partial charge in [-0.1, -0.05) is 40.2 Å². The van der Waals surface area contributed by atoms with Crippen LogP contribution in [0.15, 0.2) is 36.4 Å². The van der Waals surface area contributed by atoms with Crippen LogP contribution in [-0.4, -0.2) is 0 Å². The molecule has 0 spiro atoms. The molecule has 3 rings (SSSR count). The zero-order chi connectivity index (χ0) is 13.4. The molecular formula is C17H16BrF. The molecule has 2 aromatic rings. The molecule has 1 unspecified atom stereocenters. The Bertz CT molecular complexity index is 619. The van der Waals surface area contributed by atoms with Crippen molar-refractivity contribution in [2.24, 2.45) is 0 Å². The molecule has 0 radical (unpaired) electrons. The maximum absolute atomic E-state index is 13.4. The molecule has 2 heteroatoms. The van der Waals surface area contributed by atoms with Gasteiger partial charge in [-0.25, -0.2) is 4.39 Å². The van der Waals surface area contributed by atoms with E-state index in [1.165, 1.54) is 42.0 Å². The summed E-state index contributed by atoms with van der Waals surface area (Å²) in [6.07, 6.45) is 3.62. The van der Waals surface area contributed by atoms with E-state index in [2.05, 4.69) is 34.1 Å². The molecule has 0 saturated carbocycles. The molecule has 0 saturated heterocycles. The van der Waals surface area contributed by atoms with E-state index in [1.54, 1.807) is 6.07 Å². The summed E-state index contributed by atoms with van der Waals surface area (Å²) < 4.78 is 13.4. The lowest BCUT2D eigenvalue weighted by atomic mass is 9.97. The van der Waals surface area contributed by atoms with Crippen molar-refractivity contribution >= 4 is 15.9 Å². The first-order valence-electron chi connectivity index (χ1n) is 6.67. The van der Waals surface area contributed by atoms with Crippen molar-refractivity contribution in [3.05, 3.63) is 70.0 Å². The SMILES string of the molecule is Cc1ccc(F)cc1C(Br)c1ccc2c(c1)CCC2. The molecule has 1 aliphatic carbocycles. The Morgan fingerprint density at radius 2 is 1.84 bits per heavy atom. The van der Waals surface area contributed by atoms with Gasteiger partial charge in [0.15, 0.2) is 0 Å². The van der Waals surface area contributed by atoms with Crippen LogP contribution in [0.5, 0.6) is 0 Å². The van der Waals surface area contributed by atoms with E-state index in [9.17, 15) is 4.39 Å². The highest BCUT2D eigenvalue weighted by atomic mass is 79.9. The number of halogens is 2. The van der Waals surface area contributed by atoms with Gasteiger partial charge in [-0.05, 0) is 66.1 Å². The molecule has 0 bridgehead atoms. The van der Waals surface area contributed by atoms with Gasteiger partial charge in [0.1, 0.15) is 5.82 Å². The molecule has 1 aliphatic rings. The lowest BCUT2D eigenvalue weighted by molar-refractivity contribution is 0.625.